The molecule has 1 unspecified atom stereocenters. The van der Waals surface area contributed by atoms with E-state index in [4.69, 9.17) is 19.2 Å². The first-order chi connectivity index (χ1) is 16.6. The molecule has 1 heterocycles. The lowest BCUT2D eigenvalue weighted by molar-refractivity contribution is 0.0321. The van der Waals surface area contributed by atoms with Crippen molar-refractivity contribution in [3.8, 4) is 11.5 Å². The van der Waals surface area contributed by atoms with Gasteiger partial charge < -0.3 is 14.2 Å². The van der Waals surface area contributed by atoms with E-state index in [1.54, 1.807) is 0 Å². The topological polar surface area (TPSA) is 43.3 Å². The van der Waals surface area contributed by atoms with Crippen molar-refractivity contribution in [1.82, 2.24) is 4.90 Å². The van der Waals surface area contributed by atoms with Crippen LogP contribution in [0.4, 0.5) is 5.69 Å². The Morgan fingerprint density at radius 3 is 2.65 bits per heavy atom. The number of unbranched alkanes of at least 4 members (excludes halogenated alkanes) is 2. The Balaban J connectivity index is 1.69. The van der Waals surface area contributed by atoms with Gasteiger partial charge in [-0.3, -0.25) is 9.89 Å². The molecule has 1 aliphatic rings. The van der Waals surface area contributed by atoms with Crippen LogP contribution in [0.3, 0.4) is 0 Å². The quantitative estimate of drug-likeness (QED) is 0.190. The fourth-order valence-electron chi connectivity index (χ4n) is 3.86. The van der Waals surface area contributed by atoms with Crippen LogP contribution in [0.25, 0.3) is 6.08 Å². The Hall–Kier alpha value is -2.89. The molecule has 1 aliphatic heterocycles. The summed E-state index contributed by atoms with van der Waals surface area (Å²) in [7, 11) is 0. The number of nitrogens with zero attached hydrogens (tertiary/aromatic N) is 2. The maximum absolute atomic E-state index is 6.25. The highest BCUT2D eigenvalue weighted by atomic mass is 16.5. The Morgan fingerprint density at radius 1 is 1.15 bits per heavy atom. The van der Waals surface area contributed by atoms with Gasteiger partial charge in [-0.15, -0.1) is 0 Å². The van der Waals surface area contributed by atoms with E-state index in [1.165, 1.54) is 0 Å². The van der Waals surface area contributed by atoms with Crippen molar-refractivity contribution in [1.29, 1.82) is 0 Å². The molecule has 34 heavy (non-hydrogen) atoms. The average Bonchev–Trinajstić information content (AvgIpc) is 2.87. The van der Waals surface area contributed by atoms with Crippen molar-refractivity contribution in [3.05, 3.63) is 72.5 Å². The zero-order chi connectivity index (χ0) is 24.2. The molecule has 3 rings (SSSR count). The summed E-state index contributed by atoms with van der Waals surface area (Å²) in [5.41, 5.74) is 3.01. The average molecular weight is 463 g/mol. The van der Waals surface area contributed by atoms with Crippen LogP contribution in [0.5, 0.6) is 11.5 Å². The number of ether oxygens (including phenoxy) is 3. The molecule has 0 spiro atoms. The molecular formula is C29H38N2O3. The highest BCUT2D eigenvalue weighted by molar-refractivity contribution is 5.73. The van der Waals surface area contributed by atoms with Crippen molar-refractivity contribution in [2.24, 2.45) is 4.99 Å². The number of morpholine rings is 1. The normalized spacial score (nSPS) is 15.2. The van der Waals surface area contributed by atoms with Crippen LogP contribution in [0.2, 0.25) is 0 Å². The fourth-order valence-corrected chi connectivity index (χ4v) is 3.86. The van der Waals surface area contributed by atoms with Crippen molar-refractivity contribution >= 4 is 18.0 Å². The van der Waals surface area contributed by atoms with Gasteiger partial charge in [0.15, 0.2) is 11.5 Å². The van der Waals surface area contributed by atoms with E-state index in [0.717, 1.165) is 74.7 Å². The van der Waals surface area contributed by atoms with E-state index in [0.29, 0.717) is 18.1 Å². The molecule has 1 fully saturated rings. The van der Waals surface area contributed by atoms with Gasteiger partial charge in [0, 0.05) is 31.8 Å². The van der Waals surface area contributed by atoms with Gasteiger partial charge in [-0.1, -0.05) is 69.8 Å². The molecule has 0 N–H and O–H groups in total. The van der Waals surface area contributed by atoms with Crippen LogP contribution in [-0.2, 0) is 4.74 Å². The minimum Gasteiger partial charge on any atom is -0.488 e. The summed E-state index contributed by atoms with van der Waals surface area (Å²) in [6, 6.07) is 13.9. The lowest BCUT2D eigenvalue weighted by Crippen LogP contribution is -2.38. The van der Waals surface area contributed by atoms with Crippen molar-refractivity contribution in [2.45, 2.75) is 39.0 Å². The summed E-state index contributed by atoms with van der Waals surface area (Å²) in [4.78, 5) is 7.15. The molecule has 5 nitrogen and oxygen atoms in total. The standard InChI is InChI=1S/C29H38N2O3/c1-5-7-10-16-30-29-25(6-2)12-11-13-26(29)23(3)24(4)34-28-15-9-8-14-27(28)33-22-19-31-17-20-32-21-18-31/h6,8-9,11-16,23H,2,4-5,7,10,17-22H2,1,3H3. The number of hydrogen-bond acceptors (Lipinski definition) is 5. The smallest absolute Gasteiger partial charge is 0.168 e. The zero-order valence-electron chi connectivity index (χ0n) is 20.7. The lowest BCUT2D eigenvalue weighted by Gasteiger charge is -2.26. The van der Waals surface area contributed by atoms with Crippen molar-refractivity contribution in [3.63, 3.8) is 0 Å². The highest BCUT2D eigenvalue weighted by Gasteiger charge is 2.18. The first-order valence-corrected chi connectivity index (χ1v) is 12.3. The Bertz CT molecular complexity index is 964. The predicted octanol–water partition coefficient (Wildman–Crippen LogP) is 6.63. The molecule has 2 aromatic rings. The largest absolute Gasteiger partial charge is 0.488 e. The molecule has 0 bridgehead atoms. The summed E-state index contributed by atoms with van der Waals surface area (Å²) >= 11 is 0. The number of para-hydroxylation sites is 3. The first-order valence-electron chi connectivity index (χ1n) is 12.3. The van der Waals surface area contributed by atoms with Gasteiger partial charge in [0.25, 0.3) is 0 Å². The summed E-state index contributed by atoms with van der Waals surface area (Å²) in [6.45, 7) is 17.4. The zero-order valence-corrected chi connectivity index (χ0v) is 20.7. The van der Waals surface area contributed by atoms with E-state index in [-0.39, 0.29) is 5.92 Å². The lowest BCUT2D eigenvalue weighted by atomic mass is 9.95. The Kier molecular flexibility index (Phi) is 10.4. The van der Waals surface area contributed by atoms with Crippen LogP contribution in [-0.4, -0.2) is 50.6 Å². The molecule has 0 amide bonds. The van der Waals surface area contributed by atoms with Gasteiger partial charge in [-0.2, -0.15) is 0 Å². The van der Waals surface area contributed by atoms with Crippen molar-refractivity contribution < 1.29 is 14.2 Å². The van der Waals surface area contributed by atoms with Crippen molar-refractivity contribution in [2.75, 3.05) is 39.5 Å². The third-order valence-corrected chi connectivity index (χ3v) is 6.03. The van der Waals surface area contributed by atoms with Crippen LogP contribution >= 0.6 is 0 Å². The van der Waals surface area contributed by atoms with Gasteiger partial charge in [-0.25, -0.2) is 0 Å². The van der Waals surface area contributed by atoms with Gasteiger partial charge >= 0.3 is 0 Å². The summed E-state index contributed by atoms with van der Waals surface area (Å²) in [6.07, 6.45) is 7.09. The predicted molar refractivity (Wildman–Crippen MR) is 142 cm³/mol. The third kappa shape index (κ3) is 7.31. The van der Waals surface area contributed by atoms with Crippen LogP contribution in [0, 0.1) is 0 Å². The number of hydrogen-bond donors (Lipinski definition) is 0. The molecule has 2 aromatic carbocycles. The maximum atomic E-state index is 6.25. The van der Waals surface area contributed by atoms with Gasteiger partial charge in [0.05, 0.1) is 18.9 Å². The molecule has 0 aliphatic carbocycles. The van der Waals surface area contributed by atoms with Crippen LogP contribution in [0.15, 0.2) is 66.4 Å². The third-order valence-electron chi connectivity index (χ3n) is 6.03. The molecular weight excluding hydrogens is 424 g/mol. The number of aliphatic imine (C=N–C) groups is 1. The van der Waals surface area contributed by atoms with E-state index < -0.39 is 0 Å². The minimum absolute atomic E-state index is 0.0559. The maximum Gasteiger partial charge on any atom is 0.168 e. The van der Waals surface area contributed by atoms with Crippen LogP contribution in [0.1, 0.15) is 50.2 Å². The summed E-state index contributed by atoms with van der Waals surface area (Å²) in [5.74, 6) is 1.99. The van der Waals surface area contributed by atoms with Crippen LogP contribution < -0.4 is 9.47 Å². The molecule has 5 heteroatoms. The molecule has 0 saturated carbocycles. The first kappa shape index (κ1) is 25.7. The van der Waals surface area contributed by atoms with Gasteiger partial charge in [0.2, 0.25) is 0 Å². The molecule has 1 atom stereocenters. The monoisotopic (exact) mass is 462 g/mol. The molecule has 182 valence electrons. The number of rotatable bonds is 13. The van der Waals surface area contributed by atoms with E-state index in [1.807, 2.05) is 48.7 Å². The molecule has 0 aromatic heterocycles. The second-order valence-corrected chi connectivity index (χ2v) is 8.48. The highest BCUT2D eigenvalue weighted by Crippen LogP contribution is 2.37. The van der Waals surface area contributed by atoms with E-state index >= 15 is 0 Å². The molecule has 0 radical (unpaired) electrons. The Morgan fingerprint density at radius 2 is 1.91 bits per heavy atom. The second-order valence-electron chi connectivity index (χ2n) is 8.48. The fraction of sp³-hybridized carbons (Fsp3) is 0.414. The van der Waals surface area contributed by atoms with E-state index in [9.17, 15) is 0 Å². The summed E-state index contributed by atoms with van der Waals surface area (Å²) in [5, 5.41) is 0. The van der Waals surface area contributed by atoms with Gasteiger partial charge in [0.1, 0.15) is 12.4 Å². The Labute approximate surface area is 204 Å². The minimum atomic E-state index is -0.0559. The SMILES string of the molecule is C=Cc1cccc(C(C)C(=C)Oc2ccccc2OCCN2CCOCC2)c1N=CCCCC. The second kappa shape index (κ2) is 13.7. The summed E-state index contributed by atoms with van der Waals surface area (Å²) < 4.78 is 17.7. The number of benzene rings is 2. The van der Waals surface area contributed by atoms with Gasteiger partial charge in [-0.05, 0) is 36.1 Å². The molecule has 1 saturated heterocycles. The van der Waals surface area contributed by atoms with E-state index in [2.05, 4.69) is 38.0 Å². The number of allylic oxidation sites excluding steroid dienone is 1.